The van der Waals surface area contributed by atoms with Gasteiger partial charge in [0.1, 0.15) is 16.7 Å². The average molecular weight is 343 g/mol. The molecule has 0 saturated carbocycles. The summed E-state index contributed by atoms with van der Waals surface area (Å²) in [5.41, 5.74) is 1.52. The molecule has 0 fully saturated rings. The third-order valence-corrected chi connectivity index (χ3v) is 3.52. The summed E-state index contributed by atoms with van der Waals surface area (Å²) in [6, 6.07) is 9.08. The van der Waals surface area contributed by atoms with Crippen LogP contribution in [-0.4, -0.2) is 20.9 Å². The molecule has 7 heteroatoms. The fourth-order valence-corrected chi connectivity index (χ4v) is 2.24. The SMILES string of the molecule is O=C(c1cnccn1)N(Cc1ccc(Cl)nc1)c1ccc(F)cc1. The number of hydrogen-bond donors (Lipinski definition) is 0. The van der Waals surface area contributed by atoms with Gasteiger partial charge in [0.2, 0.25) is 0 Å². The Morgan fingerprint density at radius 1 is 1.04 bits per heavy atom. The first kappa shape index (κ1) is 16.0. The normalized spacial score (nSPS) is 10.4. The molecule has 0 radical (unpaired) electrons. The van der Waals surface area contributed by atoms with E-state index < -0.39 is 0 Å². The van der Waals surface area contributed by atoms with Gasteiger partial charge < -0.3 is 4.90 Å². The second-order valence-electron chi connectivity index (χ2n) is 4.95. The number of halogens is 2. The summed E-state index contributed by atoms with van der Waals surface area (Å²) in [6.45, 7) is 0.241. The first-order chi connectivity index (χ1) is 11.6. The van der Waals surface area contributed by atoms with E-state index in [4.69, 9.17) is 11.6 Å². The lowest BCUT2D eigenvalue weighted by atomic mass is 10.2. The van der Waals surface area contributed by atoms with Crippen molar-refractivity contribution in [3.63, 3.8) is 0 Å². The van der Waals surface area contributed by atoms with Crippen LogP contribution >= 0.6 is 11.6 Å². The Labute approximate surface area is 142 Å². The smallest absolute Gasteiger partial charge is 0.278 e. The zero-order valence-corrected chi connectivity index (χ0v) is 13.2. The summed E-state index contributed by atoms with van der Waals surface area (Å²) in [4.78, 5) is 26.2. The molecule has 0 unspecified atom stereocenters. The summed E-state index contributed by atoms with van der Waals surface area (Å²) < 4.78 is 13.2. The first-order valence-corrected chi connectivity index (χ1v) is 7.45. The quantitative estimate of drug-likeness (QED) is 0.681. The van der Waals surface area contributed by atoms with Crippen LogP contribution < -0.4 is 4.90 Å². The molecule has 0 N–H and O–H groups in total. The Kier molecular flexibility index (Phi) is 4.77. The van der Waals surface area contributed by atoms with Gasteiger partial charge in [0.15, 0.2) is 0 Å². The van der Waals surface area contributed by atoms with E-state index in [1.165, 1.54) is 47.8 Å². The predicted octanol–water partition coefficient (Wildman–Crippen LogP) is 3.51. The number of rotatable bonds is 4. The topological polar surface area (TPSA) is 59.0 Å². The second kappa shape index (κ2) is 7.14. The number of hydrogen-bond acceptors (Lipinski definition) is 4. The van der Waals surface area contributed by atoms with Crippen LogP contribution in [0.5, 0.6) is 0 Å². The number of amides is 1. The third-order valence-electron chi connectivity index (χ3n) is 3.30. The number of aromatic nitrogens is 3. The monoisotopic (exact) mass is 342 g/mol. The van der Waals surface area contributed by atoms with Crippen molar-refractivity contribution in [1.82, 2.24) is 15.0 Å². The lowest BCUT2D eigenvalue weighted by molar-refractivity contribution is 0.0980. The standard InChI is InChI=1S/C17H12ClFN4O/c18-16-6-1-12(9-22-16)11-23(14-4-2-13(19)3-5-14)17(24)15-10-20-7-8-21-15/h1-10H,11H2. The van der Waals surface area contributed by atoms with Crippen LogP contribution in [0.15, 0.2) is 61.2 Å². The van der Waals surface area contributed by atoms with Gasteiger partial charge in [0, 0.05) is 24.3 Å². The van der Waals surface area contributed by atoms with Gasteiger partial charge in [-0.2, -0.15) is 0 Å². The average Bonchev–Trinajstić information content (AvgIpc) is 2.62. The molecule has 0 aliphatic carbocycles. The molecule has 3 rings (SSSR count). The maximum Gasteiger partial charge on any atom is 0.278 e. The van der Waals surface area contributed by atoms with Gasteiger partial charge in [-0.1, -0.05) is 17.7 Å². The van der Waals surface area contributed by atoms with Crippen molar-refractivity contribution in [1.29, 1.82) is 0 Å². The molecule has 0 aliphatic rings. The maximum atomic E-state index is 13.2. The van der Waals surface area contributed by atoms with Gasteiger partial charge in [-0.25, -0.2) is 14.4 Å². The number of pyridine rings is 1. The molecule has 0 saturated heterocycles. The van der Waals surface area contributed by atoms with Crippen LogP contribution in [0.2, 0.25) is 5.15 Å². The number of anilines is 1. The second-order valence-corrected chi connectivity index (χ2v) is 5.33. The van der Waals surface area contributed by atoms with E-state index in [1.54, 1.807) is 18.3 Å². The van der Waals surface area contributed by atoms with Crippen molar-refractivity contribution >= 4 is 23.2 Å². The Morgan fingerprint density at radius 3 is 2.46 bits per heavy atom. The molecule has 1 aromatic carbocycles. The summed E-state index contributed by atoms with van der Waals surface area (Å²) in [5.74, 6) is -0.719. The van der Waals surface area contributed by atoms with Crippen LogP contribution in [-0.2, 0) is 6.54 Å². The molecule has 0 bridgehead atoms. The van der Waals surface area contributed by atoms with E-state index in [0.29, 0.717) is 10.8 Å². The van der Waals surface area contributed by atoms with Gasteiger partial charge in [-0.3, -0.25) is 9.78 Å². The van der Waals surface area contributed by atoms with E-state index >= 15 is 0 Å². The predicted molar refractivity (Wildman–Crippen MR) is 88.2 cm³/mol. The fraction of sp³-hybridized carbons (Fsp3) is 0.0588. The molecule has 2 heterocycles. The fourth-order valence-electron chi connectivity index (χ4n) is 2.13. The van der Waals surface area contributed by atoms with Crippen molar-refractivity contribution in [2.75, 3.05) is 4.90 Å². The summed E-state index contributed by atoms with van der Waals surface area (Å²) in [6.07, 6.45) is 5.91. The third kappa shape index (κ3) is 3.72. The highest BCUT2D eigenvalue weighted by molar-refractivity contribution is 6.29. The zero-order valence-electron chi connectivity index (χ0n) is 12.4. The van der Waals surface area contributed by atoms with Crippen molar-refractivity contribution < 1.29 is 9.18 Å². The van der Waals surface area contributed by atoms with E-state index in [-0.39, 0.29) is 24.0 Å². The van der Waals surface area contributed by atoms with E-state index in [0.717, 1.165) is 5.56 Å². The van der Waals surface area contributed by atoms with Gasteiger partial charge in [-0.05, 0) is 35.9 Å². The van der Waals surface area contributed by atoms with Crippen molar-refractivity contribution in [3.8, 4) is 0 Å². The molecule has 1 amide bonds. The molecule has 120 valence electrons. The van der Waals surface area contributed by atoms with Crippen LogP contribution in [0.1, 0.15) is 16.1 Å². The molecular formula is C17H12ClFN4O. The lowest BCUT2D eigenvalue weighted by Crippen LogP contribution is -2.31. The van der Waals surface area contributed by atoms with Gasteiger partial charge in [0.05, 0.1) is 12.7 Å². The Bertz CT molecular complexity index is 825. The highest BCUT2D eigenvalue weighted by Crippen LogP contribution is 2.20. The van der Waals surface area contributed by atoms with Gasteiger partial charge >= 0.3 is 0 Å². The van der Waals surface area contributed by atoms with Crippen molar-refractivity contribution in [2.24, 2.45) is 0 Å². The highest BCUT2D eigenvalue weighted by Gasteiger charge is 2.19. The number of benzene rings is 1. The molecule has 0 atom stereocenters. The molecule has 0 aliphatic heterocycles. The molecule has 2 aromatic heterocycles. The van der Waals surface area contributed by atoms with Crippen LogP contribution in [0.3, 0.4) is 0 Å². The van der Waals surface area contributed by atoms with Gasteiger partial charge in [0.25, 0.3) is 5.91 Å². The number of nitrogens with zero attached hydrogens (tertiary/aromatic N) is 4. The molecular weight excluding hydrogens is 331 g/mol. The minimum atomic E-state index is -0.376. The molecule has 3 aromatic rings. The first-order valence-electron chi connectivity index (χ1n) is 7.07. The molecule has 5 nitrogen and oxygen atoms in total. The van der Waals surface area contributed by atoms with E-state index in [1.807, 2.05) is 0 Å². The summed E-state index contributed by atoms with van der Waals surface area (Å²) in [5, 5.41) is 0.368. The maximum absolute atomic E-state index is 13.2. The zero-order chi connectivity index (χ0) is 16.9. The largest absolute Gasteiger partial charge is 0.303 e. The lowest BCUT2D eigenvalue weighted by Gasteiger charge is -2.22. The minimum absolute atomic E-state index is 0.198. The molecule has 0 spiro atoms. The minimum Gasteiger partial charge on any atom is -0.303 e. The number of carbonyl (C=O) groups excluding carboxylic acids is 1. The summed E-state index contributed by atoms with van der Waals surface area (Å²) in [7, 11) is 0. The van der Waals surface area contributed by atoms with Crippen LogP contribution in [0.4, 0.5) is 10.1 Å². The summed E-state index contributed by atoms with van der Waals surface area (Å²) >= 11 is 5.79. The van der Waals surface area contributed by atoms with Gasteiger partial charge in [-0.15, -0.1) is 0 Å². The Balaban J connectivity index is 1.95. The highest BCUT2D eigenvalue weighted by atomic mass is 35.5. The number of carbonyl (C=O) groups is 1. The van der Waals surface area contributed by atoms with E-state index in [9.17, 15) is 9.18 Å². The van der Waals surface area contributed by atoms with Crippen molar-refractivity contribution in [3.05, 3.63) is 83.4 Å². The Morgan fingerprint density at radius 2 is 1.83 bits per heavy atom. The Hall–Kier alpha value is -2.86. The van der Waals surface area contributed by atoms with Crippen LogP contribution in [0, 0.1) is 5.82 Å². The van der Waals surface area contributed by atoms with Crippen molar-refractivity contribution in [2.45, 2.75) is 6.54 Å². The molecule has 24 heavy (non-hydrogen) atoms. The van der Waals surface area contributed by atoms with E-state index in [2.05, 4.69) is 15.0 Å². The van der Waals surface area contributed by atoms with Crippen LogP contribution in [0.25, 0.3) is 0 Å².